The summed E-state index contributed by atoms with van der Waals surface area (Å²) in [6.45, 7) is 2.89. The number of anilines is 1. The number of morpholine rings is 2. The molecule has 0 saturated carbocycles. The zero-order valence-corrected chi connectivity index (χ0v) is 8.37. The molecule has 1 aromatic heterocycles. The average Bonchev–Trinajstić information content (AvgIpc) is 2.29. The fraction of sp³-hybridized carbons (Fsp3) is 0.600. The first-order valence-electron chi connectivity index (χ1n) is 5.15. The van der Waals surface area contributed by atoms with Crippen LogP contribution in [0.15, 0.2) is 18.6 Å². The summed E-state index contributed by atoms with van der Waals surface area (Å²) in [5, 5.41) is 0. The molecule has 5 nitrogen and oxygen atoms in total. The van der Waals surface area contributed by atoms with E-state index in [9.17, 15) is 0 Å². The summed E-state index contributed by atoms with van der Waals surface area (Å²) >= 11 is 0. The summed E-state index contributed by atoms with van der Waals surface area (Å²) in [6, 6.07) is 2.54. The third kappa shape index (κ3) is 1.57. The van der Waals surface area contributed by atoms with Gasteiger partial charge < -0.3 is 14.4 Å². The molecule has 2 fully saturated rings. The summed E-state index contributed by atoms with van der Waals surface area (Å²) in [5.41, 5.74) is 0. The Balaban J connectivity index is 1.90. The molecule has 2 bridgehead atoms. The van der Waals surface area contributed by atoms with Crippen LogP contribution in [0.5, 0.6) is 0 Å². The first kappa shape index (κ1) is 9.06. The van der Waals surface area contributed by atoms with Crippen LogP contribution in [0.4, 0.5) is 5.82 Å². The summed E-state index contributed by atoms with van der Waals surface area (Å²) in [6.07, 6.45) is 3.36. The number of hydrogen-bond acceptors (Lipinski definition) is 5. The molecule has 0 amide bonds. The minimum absolute atomic E-state index is 0.299. The van der Waals surface area contributed by atoms with Gasteiger partial charge in [-0.1, -0.05) is 0 Å². The molecule has 15 heavy (non-hydrogen) atoms. The van der Waals surface area contributed by atoms with E-state index in [1.165, 1.54) is 0 Å². The van der Waals surface area contributed by atoms with Gasteiger partial charge in [-0.15, -0.1) is 0 Å². The molecule has 0 unspecified atom stereocenters. The van der Waals surface area contributed by atoms with Crippen molar-refractivity contribution in [3.05, 3.63) is 18.6 Å². The molecule has 0 aliphatic carbocycles. The van der Waals surface area contributed by atoms with Gasteiger partial charge in [0.05, 0.1) is 38.5 Å². The average molecular weight is 207 g/mol. The number of aromatic nitrogens is 2. The highest BCUT2D eigenvalue weighted by Gasteiger charge is 2.36. The van der Waals surface area contributed by atoms with Crippen LogP contribution in [0, 0.1) is 0 Å². The Morgan fingerprint density at radius 1 is 1.13 bits per heavy atom. The van der Waals surface area contributed by atoms with E-state index in [0.29, 0.717) is 12.1 Å². The van der Waals surface area contributed by atoms with Crippen molar-refractivity contribution in [3.63, 3.8) is 0 Å². The molecule has 2 saturated heterocycles. The van der Waals surface area contributed by atoms with Crippen LogP contribution in [-0.2, 0) is 9.47 Å². The second-order valence-corrected chi connectivity index (χ2v) is 3.86. The molecule has 3 rings (SSSR count). The lowest BCUT2D eigenvalue weighted by Crippen LogP contribution is -2.60. The van der Waals surface area contributed by atoms with Gasteiger partial charge in [0.1, 0.15) is 12.1 Å². The predicted octanol–water partition coefficient (Wildman–Crippen LogP) is 0.0806. The van der Waals surface area contributed by atoms with Crippen molar-refractivity contribution in [1.82, 2.24) is 9.97 Å². The normalized spacial score (nSPS) is 30.3. The van der Waals surface area contributed by atoms with Crippen molar-refractivity contribution in [1.29, 1.82) is 0 Å². The van der Waals surface area contributed by atoms with Gasteiger partial charge in [-0.05, 0) is 6.07 Å². The highest BCUT2D eigenvalue weighted by Crippen LogP contribution is 2.24. The molecule has 3 heterocycles. The van der Waals surface area contributed by atoms with Crippen molar-refractivity contribution in [2.24, 2.45) is 0 Å². The Kier molecular flexibility index (Phi) is 2.26. The maximum Gasteiger partial charge on any atom is 0.132 e. The van der Waals surface area contributed by atoms with Gasteiger partial charge in [0.2, 0.25) is 0 Å². The number of rotatable bonds is 1. The van der Waals surface area contributed by atoms with E-state index < -0.39 is 0 Å². The smallest absolute Gasteiger partial charge is 0.132 e. The first-order chi connectivity index (χ1) is 7.45. The highest BCUT2D eigenvalue weighted by molar-refractivity contribution is 5.41. The van der Waals surface area contributed by atoms with Crippen LogP contribution in [-0.4, -0.2) is 48.5 Å². The monoisotopic (exact) mass is 207 g/mol. The van der Waals surface area contributed by atoms with Gasteiger partial charge in [-0.2, -0.15) is 0 Å². The largest absolute Gasteiger partial charge is 0.377 e. The topological polar surface area (TPSA) is 47.5 Å². The summed E-state index contributed by atoms with van der Waals surface area (Å²) in [4.78, 5) is 10.5. The van der Waals surface area contributed by atoms with Gasteiger partial charge in [-0.25, -0.2) is 9.97 Å². The SMILES string of the molecule is c1cc(N2C3COCC2COC3)ncn1. The molecule has 0 aromatic carbocycles. The molecule has 0 spiro atoms. The molecule has 1 aromatic rings. The lowest BCUT2D eigenvalue weighted by atomic mass is 10.1. The Labute approximate surface area is 88.0 Å². The number of nitrogens with zero attached hydrogens (tertiary/aromatic N) is 3. The van der Waals surface area contributed by atoms with E-state index in [0.717, 1.165) is 32.2 Å². The molecule has 0 atom stereocenters. The third-order valence-electron chi connectivity index (χ3n) is 2.86. The van der Waals surface area contributed by atoms with Crippen molar-refractivity contribution >= 4 is 5.82 Å². The minimum Gasteiger partial charge on any atom is -0.377 e. The molecular formula is C10H13N3O2. The maximum absolute atomic E-state index is 5.52. The van der Waals surface area contributed by atoms with E-state index in [-0.39, 0.29) is 0 Å². The fourth-order valence-electron chi connectivity index (χ4n) is 2.21. The quantitative estimate of drug-likeness (QED) is 0.652. The molecule has 2 aliphatic rings. The standard InChI is InChI=1S/C10H13N3O2/c1-2-11-7-12-10(1)13-8-3-14-5-9(13)6-15-4-8/h1-2,7-9H,3-6H2. The van der Waals surface area contributed by atoms with Gasteiger partial charge in [-0.3, -0.25) is 0 Å². The molecule has 0 radical (unpaired) electrons. The fourth-order valence-corrected chi connectivity index (χ4v) is 2.21. The third-order valence-corrected chi connectivity index (χ3v) is 2.86. The zero-order valence-electron chi connectivity index (χ0n) is 8.37. The maximum atomic E-state index is 5.52. The molecular weight excluding hydrogens is 194 g/mol. The van der Waals surface area contributed by atoms with E-state index in [4.69, 9.17) is 9.47 Å². The Bertz CT molecular complexity index is 311. The first-order valence-corrected chi connectivity index (χ1v) is 5.15. The molecule has 5 heteroatoms. The van der Waals surface area contributed by atoms with Crippen LogP contribution in [0.25, 0.3) is 0 Å². The molecule has 0 N–H and O–H groups in total. The Morgan fingerprint density at radius 2 is 1.80 bits per heavy atom. The summed E-state index contributed by atoms with van der Waals surface area (Å²) in [7, 11) is 0. The second kappa shape index (κ2) is 3.75. The van der Waals surface area contributed by atoms with E-state index in [1.807, 2.05) is 6.07 Å². The van der Waals surface area contributed by atoms with Crippen LogP contribution in [0.1, 0.15) is 0 Å². The minimum atomic E-state index is 0.299. The highest BCUT2D eigenvalue weighted by atomic mass is 16.5. The number of hydrogen-bond donors (Lipinski definition) is 0. The van der Waals surface area contributed by atoms with E-state index in [2.05, 4.69) is 14.9 Å². The number of fused-ring (bicyclic) bond motifs is 2. The lowest BCUT2D eigenvalue weighted by Gasteiger charge is -2.45. The van der Waals surface area contributed by atoms with Crippen LogP contribution in [0.2, 0.25) is 0 Å². The van der Waals surface area contributed by atoms with Gasteiger partial charge in [0.15, 0.2) is 0 Å². The van der Waals surface area contributed by atoms with Gasteiger partial charge in [0.25, 0.3) is 0 Å². The number of ether oxygens (including phenoxy) is 2. The van der Waals surface area contributed by atoms with Crippen molar-refractivity contribution in [3.8, 4) is 0 Å². The lowest BCUT2D eigenvalue weighted by molar-refractivity contribution is -0.0350. The van der Waals surface area contributed by atoms with Crippen molar-refractivity contribution in [2.75, 3.05) is 31.3 Å². The summed E-state index contributed by atoms with van der Waals surface area (Å²) in [5.74, 6) is 0.978. The van der Waals surface area contributed by atoms with Crippen molar-refractivity contribution in [2.45, 2.75) is 12.1 Å². The summed E-state index contributed by atoms with van der Waals surface area (Å²) < 4.78 is 11.0. The van der Waals surface area contributed by atoms with Crippen LogP contribution >= 0.6 is 0 Å². The zero-order chi connectivity index (χ0) is 10.1. The van der Waals surface area contributed by atoms with Gasteiger partial charge in [0, 0.05) is 6.20 Å². The molecule has 2 aliphatic heterocycles. The van der Waals surface area contributed by atoms with Gasteiger partial charge >= 0.3 is 0 Å². The van der Waals surface area contributed by atoms with Crippen molar-refractivity contribution < 1.29 is 9.47 Å². The Morgan fingerprint density at radius 3 is 2.33 bits per heavy atom. The van der Waals surface area contributed by atoms with Crippen LogP contribution < -0.4 is 4.90 Å². The van der Waals surface area contributed by atoms with Crippen LogP contribution in [0.3, 0.4) is 0 Å². The molecule has 80 valence electrons. The predicted molar refractivity (Wildman–Crippen MR) is 53.7 cm³/mol. The van der Waals surface area contributed by atoms with E-state index >= 15 is 0 Å². The second-order valence-electron chi connectivity index (χ2n) is 3.86. The Hall–Kier alpha value is -1.20. The van der Waals surface area contributed by atoms with E-state index in [1.54, 1.807) is 12.5 Å².